The molecule has 1 saturated heterocycles. The summed E-state index contributed by atoms with van der Waals surface area (Å²) in [5, 5.41) is 3.64. The van der Waals surface area contributed by atoms with E-state index in [9.17, 15) is 0 Å². The lowest BCUT2D eigenvalue weighted by molar-refractivity contribution is 0.106. The van der Waals surface area contributed by atoms with Gasteiger partial charge in [0.1, 0.15) is 0 Å². The van der Waals surface area contributed by atoms with Gasteiger partial charge in [-0.2, -0.15) is 0 Å². The first-order valence-electron chi connectivity index (χ1n) is 6.80. The molecule has 18 heavy (non-hydrogen) atoms. The topological polar surface area (TPSA) is 24.5 Å². The van der Waals surface area contributed by atoms with Crippen molar-refractivity contribution in [3.63, 3.8) is 0 Å². The highest BCUT2D eigenvalue weighted by molar-refractivity contribution is 5.19. The first-order valence-corrected chi connectivity index (χ1v) is 6.80. The molecule has 3 nitrogen and oxygen atoms in total. The average Bonchev–Trinajstić information content (AvgIpc) is 2.88. The van der Waals surface area contributed by atoms with Gasteiger partial charge in [0.2, 0.25) is 0 Å². The minimum absolute atomic E-state index is 0.380. The van der Waals surface area contributed by atoms with E-state index in [-0.39, 0.29) is 0 Å². The fourth-order valence-electron chi connectivity index (χ4n) is 2.42. The molecule has 1 aromatic rings. The number of ether oxygens (including phenoxy) is 1. The van der Waals surface area contributed by atoms with Crippen LogP contribution in [0.15, 0.2) is 30.3 Å². The smallest absolute Gasteiger partial charge is 0.0700 e. The molecule has 1 aliphatic heterocycles. The molecule has 0 spiro atoms. The van der Waals surface area contributed by atoms with Crippen molar-refractivity contribution in [1.29, 1.82) is 0 Å². The Labute approximate surface area is 110 Å². The van der Waals surface area contributed by atoms with E-state index in [1.165, 1.54) is 18.4 Å². The summed E-state index contributed by atoms with van der Waals surface area (Å²) < 4.78 is 5.67. The van der Waals surface area contributed by atoms with Crippen LogP contribution in [-0.2, 0) is 4.74 Å². The van der Waals surface area contributed by atoms with E-state index in [1.807, 2.05) is 0 Å². The lowest BCUT2D eigenvalue weighted by Crippen LogP contribution is -2.35. The van der Waals surface area contributed by atoms with Crippen molar-refractivity contribution in [2.75, 3.05) is 33.8 Å². The predicted molar refractivity (Wildman–Crippen MR) is 74.7 cm³/mol. The number of likely N-dealkylation sites (N-methyl/N-ethyl adjacent to an activating group) is 1. The number of benzene rings is 1. The van der Waals surface area contributed by atoms with E-state index < -0.39 is 0 Å². The van der Waals surface area contributed by atoms with Crippen LogP contribution >= 0.6 is 0 Å². The maximum Gasteiger partial charge on any atom is 0.0700 e. The standard InChI is InChI=1S/C15H24N2O/c1-17(2)12-15(13-7-4-3-5-8-13)16-11-14-9-6-10-18-14/h3-5,7-8,14-16H,6,9-12H2,1-2H3. The summed E-state index contributed by atoms with van der Waals surface area (Å²) in [6, 6.07) is 11.0. The molecule has 100 valence electrons. The van der Waals surface area contributed by atoms with Gasteiger partial charge < -0.3 is 15.0 Å². The molecule has 0 aliphatic carbocycles. The monoisotopic (exact) mass is 248 g/mol. The molecule has 1 N–H and O–H groups in total. The summed E-state index contributed by atoms with van der Waals surface area (Å²) in [7, 11) is 4.23. The number of rotatable bonds is 6. The Morgan fingerprint density at radius 2 is 2.11 bits per heavy atom. The van der Waals surface area contributed by atoms with Crippen LogP contribution < -0.4 is 5.32 Å². The minimum atomic E-state index is 0.380. The van der Waals surface area contributed by atoms with Crippen molar-refractivity contribution in [3.8, 4) is 0 Å². The van der Waals surface area contributed by atoms with Gasteiger partial charge in [-0.3, -0.25) is 0 Å². The molecule has 1 aromatic carbocycles. The van der Waals surface area contributed by atoms with Gasteiger partial charge in [0, 0.05) is 25.7 Å². The highest BCUT2D eigenvalue weighted by Gasteiger charge is 2.18. The second-order valence-corrected chi connectivity index (χ2v) is 5.27. The van der Waals surface area contributed by atoms with Crippen molar-refractivity contribution in [2.45, 2.75) is 25.0 Å². The van der Waals surface area contributed by atoms with E-state index in [0.29, 0.717) is 12.1 Å². The van der Waals surface area contributed by atoms with Crippen LogP contribution in [0.25, 0.3) is 0 Å². The molecule has 1 heterocycles. The van der Waals surface area contributed by atoms with Crippen LogP contribution in [0.5, 0.6) is 0 Å². The predicted octanol–water partition coefficient (Wildman–Crippen LogP) is 2.06. The first kappa shape index (κ1) is 13.5. The lowest BCUT2D eigenvalue weighted by atomic mass is 10.1. The van der Waals surface area contributed by atoms with Gasteiger partial charge in [-0.1, -0.05) is 30.3 Å². The Balaban J connectivity index is 1.92. The largest absolute Gasteiger partial charge is 0.377 e. The highest BCUT2D eigenvalue weighted by Crippen LogP contribution is 2.16. The van der Waals surface area contributed by atoms with Crippen molar-refractivity contribution in [1.82, 2.24) is 10.2 Å². The Morgan fingerprint density at radius 1 is 1.33 bits per heavy atom. The van der Waals surface area contributed by atoms with Crippen LogP contribution in [0.2, 0.25) is 0 Å². The second-order valence-electron chi connectivity index (χ2n) is 5.27. The van der Waals surface area contributed by atoms with Crippen molar-refractivity contribution >= 4 is 0 Å². The molecule has 1 aliphatic rings. The Kier molecular flexibility index (Phi) is 5.17. The fourth-order valence-corrected chi connectivity index (χ4v) is 2.42. The maximum atomic E-state index is 5.67. The summed E-state index contributed by atoms with van der Waals surface area (Å²) in [5.41, 5.74) is 1.35. The van der Waals surface area contributed by atoms with Gasteiger partial charge in [0.15, 0.2) is 0 Å². The zero-order chi connectivity index (χ0) is 12.8. The average molecular weight is 248 g/mol. The van der Waals surface area contributed by atoms with Crippen LogP contribution in [0, 0.1) is 0 Å². The molecule has 0 saturated carbocycles. The zero-order valence-corrected chi connectivity index (χ0v) is 11.4. The maximum absolute atomic E-state index is 5.67. The SMILES string of the molecule is CN(C)CC(NCC1CCCO1)c1ccccc1. The highest BCUT2D eigenvalue weighted by atomic mass is 16.5. The molecular weight excluding hydrogens is 224 g/mol. The first-order chi connectivity index (χ1) is 8.75. The minimum Gasteiger partial charge on any atom is -0.377 e. The van der Waals surface area contributed by atoms with E-state index >= 15 is 0 Å². The van der Waals surface area contributed by atoms with Crippen LogP contribution in [0.4, 0.5) is 0 Å². The normalized spacial score (nSPS) is 21.4. The molecule has 0 amide bonds. The van der Waals surface area contributed by atoms with Crippen LogP contribution in [0.1, 0.15) is 24.4 Å². The Bertz CT molecular complexity index is 334. The summed E-state index contributed by atoms with van der Waals surface area (Å²) in [4.78, 5) is 2.22. The summed E-state index contributed by atoms with van der Waals surface area (Å²) in [6.45, 7) is 2.89. The molecule has 2 atom stereocenters. The third kappa shape index (κ3) is 4.09. The van der Waals surface area contributed by atoms with Gasteiger partial charge in [-0.15, -0.1) is 0 Å². The number of nitrogens with one attached hydrogen (secondary N) is 1. The summed E-state index contributed by atoms with van der Waals surface area (Å²) in [5.74, 6) is 0. The van der Waals surface area contributed by atoms with Gasteiger partial charge in [-0.25, -0.2) is 0 Å². The third-order valence-corrected chi connectivity index (χ3v) is 3.37. The Hall–Kier alpha value is -0.900. The molecule has 3 heteroatoms. The van der Waals surface area contributed by atoms with Gasteiger partial charge >= 0.3 is 0 Å². The van der Waals surface area contributed by atoms with Crippen LogP contribution in [-0.4, -0.2) is 44.8 Å². The molecule has 2 unspecified atom stereocenters. The lowest BCUT2D eigenvalue weighted by Gasteiger charge is -2.24. The van der Waals surface area contributed by atoms with Crippen molar-refractivity contribution in [3.05, 3.63) is 35.9 Å². The summed E-state index contributed by atoms with van der Waals surface area (Å²) >= 11 is 0. The van der Waals surface area contributed by atoms with Gasteiger partial charge in [0.05, 0.1) is 6.10 Å². The van der Waals surface area contributed by atoms with E-state index in [1.54, 1.807) is 0 Å². The molecule has 0 radical (unpaired) electrons. The zero-order valence-electron chi connectivity index (χ0n) is 11.4. The quantitative estimate of drug-likeness (QED) is 0.834. The van der Waals surface area contributed by atoms with Crippen molar-refractivity contribution in [2.24, 2.45) is 0 Å². The Morgan fingerprint density at radius 3 is 2.72 bits per heavy atom. The summed E-state index contributed by atoms with van der Waals surface area (Å²) in [6.07, 6.45) is 2.80. The molecule has 0 aromatic heterocycles. The van der Waals surface area contributed by atoms with E-state index in [2.05, 4.69) is 54.6 Å². The molecule has 0 bridgehead atoms. The van der Waals surface area contributed by atoms with E-state index in [4.69, 9.17) is 4.74 Å². The number of nitrogens with zero attached hydrogens (tertiary/aromatic N) is 1. The number of hydrogen-bond acceptors (Lipinski definition) is 3. The van der Waals surface area contributed by atoms with Crippen LogP contribution in [0.3, 0.4) is 0 Å². The number of hydrogen-bond donors (Lipinski definition) is 1. The third-order valence-electron chi connectivity index (χ3n) is 3.37. The van der Waals surface area contributed by atoms with Gasteiger partial charge in [-0.05, 0) is 32.5 Å². The molecule has 2 rings (SSSR count). The fraction of sp³-hybridized carbons (Fsp3) is 0.600. The van der Waals surface area contributed by atoms with E-state index in [0.717, 1.165) is 19.7 Å². The van der Waals surface area contributed by atoms with Gasteiger partial charge in [0.25, 0.3) is 0 Å². The second kappa shape index (κ2) is 6.88. The van der Waals surface area contributed by atoms with Crippen molar-refractivity contribution < 1.29 is 4.74 Å². The molecular formula is C15H24N2O. The molecule has 1 fully saturated rings.